The number of rotatable bonds is 5. The second-order valence-corrected chi connectivity index (χ2v) is 5.99. The molecule has 1 N–H and O–H groups in total. The van der Waals surface area contributed by atoms with Gasteiger partial charge in [0.1, 0.15) is 5.75 Å². The van der Waals surface area contributed by atoms with Crippen molar-refractivity contribution in [2.75, 3.05) is 24.4 Å². The van der Waals surface area contributed by atoms with Gasteiger partial charge in [-0.25, -0.2) is 0 Å². The number of anilines is 3. The molecule has 0 fully saturated rings. The molecule has 0 aliphatic rings. The summed E-state index contributed by atoms with van der Waals surface area (Å²) in [5, 5.41) is 3.28. The van der Waals surface area contributed by atoms with Crippen LogP contribution in [-0.2, 0) is 0 Å². The zero-order valence-corrected chi connectivity index (χ0v) is 15.1. The first-order valence-corrected chi connectivity index (χ1v) is 8.28. The molecular weight excluding hydrogens is 326 g/mol. The summed E-state index contributed by atoms with van der Waals surface area (Å²) in [6.07, 6.45) is 3.25. The van der Waals surface area contributed by atoms with Crippen molar-refractivity contribution in [3.63, 3.8) is 0 Å². The highest BCUT2D eigenvalue weighted by atomic mass is 16.5. The van der Waals surface area contributed by atoms with Gasteiger partial charge >= 0.3 is 0 Å². The molecule has 3 aromatic rings. The van der Waals surface area contributed by atoms with E-state index in [9.17, 15) is 4.79 Å². The fraction of sp³-hybridized carbons (Fsp3) is 0.143. The van der Waals surface area contributed by atoms with E-state index in [4.69, 9.17) is 4.74 Å². The van der Waals surface area contributed by atoms with Gasteiger partial charge in [-0.05, 0) is 42.8 Å². The summed E-state index contributed by atoms with van der Waals surface area (Å²) in [6.45, 7) is 2.01. The van der Waals surface area contributed by atoms with Crippen LogP contribution in [-0.4, -0.2) is 25.0 Å². The second kappa shape index (κ2) is 7.70. The molecule has 0 unspecified atom stereocenters. The number of nitrogens with zero attached hydrogens (tertiary/aromatic N) is 2. The van der Waals surface area contributed by atoms with Crippen molar-refractivity contribution in [3.05, 3.63) is 78.1 Å². The molecule has 1 aromatic heterocycles. The molecule has 0 saturated heterocycles. The van der Waals surface area contributed by atoms with Crippen molar-refractivity contribution in [2.45, 2.75) is 6.92 Å². The Morgan fingerprint density at radius 1 is 1.08 bits per heavy atom. The van der Waals surface area contributed by atoms with E-state index in [1.165, 1.54) is 0 Å². The monoisotopic (exact) mass is 347 g/mol. The number of carbonyl (C=O) groups excluding carboxylic acids is 1. The first-order chi connectivity index (χ1) is 12.6. The molecular formula is C21H21N3O2. The number of hydrogen-bond donors (Lipinski definition) is 1. The summed E-state index contributed by atoms with van der Waals surface area (Å²) in [5.74, 6) is 0.609. The Hall–Kier alpha value is -3.34. The molecule has 0 spiro atoms. The molecule has 132 valence electrons. The van der Waals surface area contributed by atoms with Gasteiger partial charge in [0.2, 0.25) is 0 Å². The summed E-state index contributed by atoms with van der Waals surface area (Å²) in [5.41, 5.74) is 4.00. The molecule has 0 radical (unpaired) electrons. The van der Waals surface area contributed by atoms with Crippen molar-refractivity contribution >= 4 is 23.0 Å². The Balaban J connectivity index is 1.85. The Morgan fingerprint density at radius 2 is 1.85 bits per heavy atom. The van der Waals surface area contributed by atoms with E-state index < -0.39 is 0 Å². The topological polar surface area (TPSA) is 54.5 Å². The normalized spacial score (nSPS) is 10.3. The van der Waals surface area contributed by atoms with Crippen molar-refractivity contribution in [3.8, 4) is 5.75 Å². The SMILES string of the molecule is COc1ccc(C)cc1Nc1cncc(C(=O)N(C)c2ccccc2)c1. The van der Waals surface area contributed by atoms with Crippen LogP contribution in [0.4, 0.5) is 17.1 Å². The second-order valence-electron chi connectivity index (χ2n) is 5.99. The van der Waals surface area contributed by atoms with E-state index in [1.807, 2.05) is 55.5 Å². The van der Waals surface area contributed by atoms with Crippen molar-refractivity contribution in [1.82, 2.24) is 4.98 Å². The lowest BCUT2D eigenvalue weighted by molar-refractivity contribution is 0.0992. The van der Waals surface area contributed by atoms with E-state index in [0.29, 0.717) is 5.56 Å². The van der Waals surface area contributed by atoms with Gasteiger partial charge < -0.3 is 15.0 Å². The lowest BCUT2D eigenvalue weighted by Gasteiger charge is -2.18. The molecule has 1 amide bonds. The molecule has 1 heterocycles. The lowest BCUT2D eigenvalue weighted by Crippen LogP contribution is -2.26. The first kappa shape index (κ1) is 17.5. The van der Waals surface area contributed by atoms with E-state index in [-0.39, 0.29) is 5.91 Å². The minimum atomic E-state index is -0.122. The maximum atomic E-state index is 12.8. The van der Waals surface area contributed by atoms with Crippen molar-refractivity contribution in [2.24, 2.45) is 0 Å². The van der Waals surface area contributed by atoms with Gasteiger partial charge in [0.25, 0.3) is 5.91 Å². The fourth-order valence-electron chi connectivity index (χ4n) is 2.66. The number of nitrogens with one attached hydrogen (secondary N) is 1. The Bertz CT molecular complexity index is 910. The van der Waals surface area contributed by atoms with Gasteiger partial charge in [-0.2, -0.15) is 0 Å². The fourth-order valence-corrected chi connectivity index (χ4v) is 2.66. The van der Waals surface area contributed by atoms with Crippen LogP contribution in [0.3, 0.4) is 0 Å². The number of ether oxygens (including phenoxy) is 1. The predicted octanol–water partition coefficient (Wildman–Crippen LogP) is 4.42. The number of amides is 1. The number of aromatic nitrogens is 1. The van der Waals surface area contributed by atoms with Gasteiger partial charge in [0.15, 0.2) is 0 Å². The molecule has 5 heteroatoms. The predicted molar refractivity (Wildman–Crippen MR) is 104 cm³/mol. The van der Waals surface area contributed by atoms with Gasteiger partial charge in [-0.15, -0.1) is 0 Å². The lowest BCUT2D eigenvalue weighted by atomic mass is 10.2. The summed E-state index contributed by atoms with van der Waals surface area (Å²) in [4.78, 5) is 18.6. The van der Waals surface area contributed by atoms with Crippen LogP contribution in [0, 0.1) is 6.92 Å². The highest BCUT2D eigenvalue weighted by Crippen LogP contribution is 2.28. The minimum Gasteiger partial charge on any atom is -0.495 e. The van der Waals surface area contributed by atoms with Crippen LogP contribution < -0.4 is 15.0 Å². The molecule has 26 heavy (non-hydrogen) atoms. The average molecular weight is 347 g/mol. The van der Waals surface area contributed by atoms with Crippen molar-refractivity contribution in [1.29, 1.82) is 0 Å². The van der Waals surface area contributed by atoms with Gasteiger partial charge in [0, 0.05) is 18.9 Å². The number of aryl methyl sites for hydroxylation is 1. The Labute approximate surface area is 153 Å². The number of para-hydroxylation sites is 1. The number of pyridine rings is 1. The van der Waals surface area contributed by atoms with Crippen LogP contribution in [0.5, 0.6) is 5.75 Å². The average Bonchev–Trinajstić information content (AvgIpc) is 2.68. The van der Waals surface area contributed by atoms with Crippen LogP contribution in [0.1, 0.15) is 15.9 Å². The zero-order chi connectivity index (χ0) is 18.5. The first-order valence-electron chi connectivity index (χ1n) is 8.28. The van der Waals surface area contributed by atoms with Crippen LogP contribution in [0.2, 0.25) is 0 Å². The van der Waals surface area contributed by atoms with E-state index in [1.54, 1.807) is 37.5 Å². The molecule has 0 saturated carbocycles. The van der Waals surface area contributed by atoms with Crippen molar-refractivity contribution < 1.29 is 9.53 Å². The molecule has 2 aromatic carbocycles. The minimum absolute atomic E-state index is 0.122. The van der Waals surface area contributed by atoms with Crippen LogP contribution in [0.15, 0.2) is 67.0 Å². The quantitative estimate of drug-likeness (QED) is 0.742. The standard InChI is InChI=1S/C21H21N3O2/c1-15-9-10-20(26-3)19(11-15)23-17-12-16(13-22-14-17)21(25)24(2)18-7-5-4-6-8-18/h4-14,23H,1-3H3. The van der Waals surface area contributed by atoms with Gasteiger partial charge in [-0.1, -0.05) is 24.3 Å². The van der Waals surface area contributed by atoms with Crippen LogP contribution >= 0.6 is 0 Å². The Kier molecular flexibility index (Phi) is 5.17. The molecule has 5 nitrogen and oxygen atoms in total. The number of methoxy groups -OCH3 is 1. The molecule has 0 aliphatic heterocycles. The summed E-state index contributed by atoms with van der Waals surface area (Å²) >= 11 is 0. The van der Waals surface area contributed by atoms with E-state index in [0.717, 1.165) is 28.4 Å². The molecule has 3 rings (SSSR count). The van der Waals surface area contributed by atoms with Gasteiger partial charge in [-0.3, -0.25) is 9.78 Å². The highest BCUT2D eigenvalue weighted by molar-refractivity contribution is 6.06. The third-order valence-corrected chi connectivity index (χ3v) is 4.07. The smallest absolute Gasteiger partial charge is 0.259 e. The number of benzene rings is 2. The zero-order valence-electron chi connectivity index (χ0n) is 15.1. The van der Waals surface area contributed by atoms with E-state index >= 15 is 0 Å². The highest BCUT2D eigenvalue weighted by Gasteiger charge is 2.14. The molecule has 0 bridgehead atoms. The largest absolute Gasteiger partial charge is 0.495 e. The molecule has 0 atom stereocenters. The number of hydrogen-bond acceptors (Lipinski definition) is 4. The number of carbonyl (C=O) groups is 1. The van der Waals surface area contributed by atoms with Crippen LogP contribution in [0.25, 0.3) is 0 Å². The summed E-state index contributed by atoms with van der Waals surface area (Å²) < 4.78 is 5.39. The maximum absolute atomic E-state index is 12.8. The third kappa shape index (κ3) is 3.83. The summed E-state index contributed by atoms with van der Waals surface area (Å²) in [7, 11) is 3.38. The van der Waals surface area contributed by atoms with E-state index in [2.05, 4.69) is 10.3 Å². The van der Waals surface area contributed by atoms with Gasteiger partial charge in [0.05, 0.1) is 30.2 Å². The third-order valence-electron chi connectivity index (χ3n) is 4.07. The Morgan fingerprint density at radius 3 is 2.58 bits per heavy atom. The summed E-state index contributed by atoms with van der Waals surface area (Å²) in [6, 6.07) is 17.2. The maximum Gasteiger partial charge on any atom is 0.259 e. The molecule has 0 aliphatic carbocycles.